The number of hydrogen-bond donors (Lipinski definition) is 0. The first-order valence-electron chi connectivity index (χ1n) is 5.74. The molecular weight excluding hydrogens is 230 g/mol. The molecule has 2 aromatic carbocycles. The number of rotatable bonds is 1. The van der Waals surface area contributed by atoms with Gasteiger partial charge in [0.2, 0.25) is 0 Å². The van der Waals surface area contributed by atoms with Crippen molar-refractivity contribution in [3.63, 3.8) is 0 Å². The largest absolute Gasteiger partial charge is 0.378 e. The van der Waals surface area contributed by atoms with Gasteiger partial charge in [0.1, 0.15) is 0 Å². The number of benzene rings is 2. The van der Waals surface area contributed by atoms with Crippen LogP contribution in [0.15, 0.2) is 36.4 Å². The average molecular weight is 244 g/mol. The molecule has 0 aromatic heterocycles. The van der Waals surface area contributed by atoms with E-state index in [-0.39, 0.29) is 0 Å². The summed E-state index contributed by atoms with van der Waals surface area (Å²) in [4.78, 5) is 2.13. The summed E-state index contributed by atoms with van der Waals surface area (Å²) in [6, 6.07) is 12.8. The third-order valence-corrected chi connectivity index (χ3v) is 3.58. The summed E-state index contributed by atoms with van der Waals surface area (Å²) in [6.07, 6.45) is 0.999. The first-order valence-corrected chi connectivity index (χ1v) is 6.12. The van der Waals surface area contributed by atoms with Crippen molar-refractivity contribution in [2.45, 2.75) is 6.42 Å². The van der Waals surface area contributed by atoms with E-state index in [0.717, 1.165) is 11.4 Å². The number of fused-ring (bicyclic) bond motifs is 3. The Kier molecular flexibility index (Phi) is 2.37. The molecule has 0 amide bonds. The summed E-state index contributed by atoms with van der Waals surface area (Å²) in [5, 5.41) is 0.824. The molecule has 0 bridgehead atoms. The van der Waals surface area contributed by atoms with Crippen LogP contribution in [0.25, 0.3) is 11.1 Å². The fraction of sp³-hybridized carbons (Fsp3) is 0.200. The van der Waals surface area contributed by atoms with Crippen molar-refractivity contribution < 1.29 is 0 Å². The van der Waals surface area contributed by atoms with Gasteiger partial charge < -0.3 is 4.90 Å². The maximum absolute atomic E-state index is 6.04. The lowest BCUT2D eigenvalue weighted by atomic mass is 10.1. The molecular formula is C15H14ClN. The average Bonchev–Trinajstić information content (AvgIpc) is 2.64. The first kappa shape index (κ1) is 10.7. The molecule has 3 rings (SSSR count). The molecule has 0 saturated heterocycles. The molecule has 0 heterocycles. The number of hydrogen-bond acceptors (Lipinski definition) is 1. The van der Waals surface area contributed by atoms with Gasteiger partial charge in [0.05, 0.1) is 0 Å². The van der Waals surface area contributed by atoms with Crippen LogP contribution in [0.2, 0.25) is 5.02 Å². The van der Waals surface area contributed by atoms with Crippen LogP contribution in [0.5, 0.6) is 0 Å². The predicted octanol–water partition coefficient (Wildman–Crippen LogP) is 3.98. The molecule has 0 unspecified atom stereocenters. The molecule has 0 atom stereocenters. The summed E-state index contributed by atoms with van der Waals surface area (Å²) in [5.41, 5.74) is 6.65. The Hall–Kier alpha value is -1.47. The van der Waals surface area contributed by atoms with Gasteiger partial charge in [0.15, 0.2) is 0 Å². The molecule has 1 aliphatic rings. The van der Waals surface area contributed by atoms with Crippen LogP contribution >= 0.6 is 11.6 Å². The highest BCUT2D eigenvalue weighted by atomic mass is 35.5. The van der Waals surface area contributed by atoms with Crippen LogP contribution < -0.4 is 4.90 Å². The fourth-order valence-electron chi connectivity index (χ4n) is 2.42. The van der Waals surface area contributed by atoms with Gasteiger partial charge in [-0.15, -0.1) is 0 Å². The van der Waals surface area contributed by atoms with Crippen molar-refractivity contribution >= 4 is 17.3 Å². The van der Waals surface area contributed by atoms with Gasteiger partial charge in [0.25, 0.3) is 0 Å². The van der Waals surface area contributed by atoms with E-state index in [1.165, 1.54) is 27.9 Å². The second-order valence-electron chi connectivity index (χ2n) is 4.71. The highest BCUT2D eigenvalue weighted by Gasteiger charge is 2.18. The van der Waals surface area contributed by atoms with Gasteiger partial charge in [-0.05, 0) is 52.9 Å². The molecule has 17 heavy (non-hydrogen) atoms. The van der Waals surface area contributed by atoms with Crippen molar-refractivity contribution in [3.8, 4) is 11.1 Å². The van der Waals surface area contributed by atoms with Crippen LogP contribution in [0.4, 0.5) is 5.69 Å². The Labute approximate surface area is 107 Å². The molecule has 0 spiro atoms. The summed E-state index contributed by atoms with van der Waals surface area (Å²) in [6.45, 7) is 0. The van der Waals surface area contributed by atoms with E-state index in [9.17, 15) is 0 Å². The topological polar surface area (TPSA) is 3.24 Å². The van der Waals surface area contributed by atoms with Gasteiger partial charge in [-0.2, -0.15) is 0 Å². The molecule has 0 saturated carbocycles. The van der Waals surface area contributed by atoms with E-state index in [1.54, 1.807) is 0 Å². The Morgan fingerprint density at radius 2 is 1.76 bits per heavy atom. The molecule has 1 nitrogen and oxygen atoms in total. The quantitative estimate of drug-likeness (QED) is 0.625. The lowest BCUT2D eigenvalue weighted by Crippen LogP contribution is -2.08. The molecule has 86 valence electrons. The minimum absolute atomic E-state index is 0.824. The Morgan fingerprint density at radius 3 is 2.53 bits per heavy atom. The molecule has 2 aromatic rings. The van der Waals surface area contributed by atoms with E-state index in [1.807, 2.05) is 6.07 Å². The van der Waals surface area contributed by atoms with Crippen molar-refractivity contribution in [2.24, 2.45) is 0 Å². The van der Waals surface area contributed by atoms with Crippen LogP contribution in [-0.2, 0) is 6.42 Å². The fourth-order valence-corrected chi connectivity index (χ4v) is 2.62. The van der Waals surface area contributed by atoms with Crippen LogP contribution in [-0.4, -0.2) is 14.1 Å². The maximum Gasteiger partial charge on any atom is 0.0409 e. The van der Waals surface area contributed by atoms with E-state index in [4.69, 9.17) is 11.6 Å². The second kappa shape index (κ2) is 3.78. The SMILES string of the molecule is CN(C)c1ccc2c(c1)-c1ccc(Cl)cc1C2. The minimum atomic E-state index is 0.824. The standard InChI is InChI=1S/C15H14ClN/c1-17(2)13-5-3-10-7-11-8-12(16)4-6-14(11)15(10)9-13/h3-6,8-9H,7H2,1-2H3. The monoisotopic (exact) mass is 243 g/mol. The molecule has 2 heteroatoms. The number of nitrogens with zero attached hydrogens (tertiary/aromatic N) is 1. The Bertz CT molecular complexity index is 587. The lowest BCUT2D eigenvalue weighted by molar-refractivity contribution is 1.13. The van der Waals surface area contributed by atoms with Gasteiger partial charge in [-0.1, -0.05) is 23.7 Å². The van der Waals surface area contributed by atoms with E-state index in [0.29, 0.717) is 0 Å². The highest BCUT2D eigenvalue weighted by molar-refractivity contribution is 6.30. The molecule has 0 fully saturated rings. The van der Waals surface area contributed by atoms with Crippen molar-refractivity contribution in [2.75, 3.05) is 19.0 Å². The molecule has 1 aliphatic carbocycles. The van der Waals surface area contributed by atoms with Gasteiger partial charge in [0, 0.05) is 24.8 Å². The third-order valence-electron chi connectivity index (χ3n) is 3.35. The molecule has 0 aliphatic heterocycles. The summed E-state index contributed by atoms with van der Waals surface area (Å²) >= 11 is 6.04. The smallest absolute Gasteiger partial charge is 0.0409 e. The summed E-state index contributed by atoms with van der Waals surface area (Å²) < 4.78 is 0. The Balaban J connectivity index is 2.17. The minimum Gasteiger partial charge on any atom is -0.378 e. The maximum atomic E-state index is 6.04. The van der Waals surface area contributed by atoms with Gasteiger partial charge in [-0.3, -0.25) is 0 Å². The second-order valence-corrected chi connectivity index (χ2v) is 5.15. The zero-order valence-corrected chi connectivity index (χ0v) is 10.8. The molecule has 0 N–H and O–H groups in total. The number of halogens is 1. The van der Waals surface area contributed by atoms with Crippen molar-refractivity contribution in [1.82, 2.24) is 0 Å². The van der Waals surface area contributed by atoms with E-state index >= 15 is 0 Å². The van der Waals surface area contributed by atoms with E-state index < -0.39 is 0 Å². The normalized spacial score (nSPS) is 12.2. The summed E-state index contributed by atoms with van der Waals surface area (Å²) in [7, 11) is 4.14. The Morgan fingerprint density at radius 1 is 0.941 bits per heavy atom. The van der Waals surface area contributed by atoms with Crippen molar-refractivity contribution in [3.05, 3.63) is 52.5 Å². The summed E-state index contributed by atoms with van der Waals surface area (Å²) in [5.74, 6) is 0. The van der Waals surface area contributed by atoms with Gasteiger partial charge >= 0.3 is 0 Å². The predicted molar refractivity (Wildman–Crippen MR) is 74.0 cm³/mol. The first-order chi connectivity index (χ1) is 8.15. The zero-order valence-electron chi connectivity index (χ0n) is 10.00. The van der Waals surface area contributed by atoms with Crippen LogP contribution in [0.3, 0.4) is 0 Å². The number of anilines is 1. The molecule has 0 radical (unpaired) electrons. The van der Waals surface area contributed by atoms with E-state index in [2.05, 4.69) is 49.3 Å². The van der Waals surface area contributed by atoms with Crippen molar-refractivity contribution in [1.29, 1.82) is 0 Å². The van der Waals surface area contributed by atoms with Crippen LogP contribution in [0, 0.1) is 0 Å². The zero-order chi connectivity index (χ0) is 12.0. The van der Waals surface area contributed by atoms with Crippen LogP contribution in [0.1, 0.15) is 11.1 Å². The van der Waals surface area contributed by atoms with Gasteiger partial charge in [-0.25, -0.2) is 0 Å². The highest BCUT2D eigenvalue weighted by Crippen LogP contribution is 2.39. The lowest BCUT2D eigenvalue weighted by Gasteiger charge is -2.13. The third kappa shape index (κ3) is 1.71.